The third kappa shape index (κ3) is 4.99. The predicted molar refractivity (Wildman–Crippen MR) is 93.7 cm³/mol. The quantitative estimate of drug-likeness (QED) is 0.639. The maximum absolute atomic E-state index is 12.2. The van der Waals surface area contributed by atoms with Gasteiger partial charge < -0.3 is 19.9 Å². The molecule has 0 unspecified atom stereocenters. The Kier molecular flexibility index (Phi) is 6.64. The van der Waals surface area contributed by atoms with Crippen LogP contribution in [0.2, 0.25) is 0 Å². The van der Waals surface area contributed by atoms with E-state index in [4.69, 9.17) is 19.9 Å². The Bertz CT molecular complexity index is 848. The van der Waals surface area contributed by atoms with Gasteiger partial charge >= 0.3 is 16.8 Å². The molecule has 0 aromatic carbocycles. The largest absolute Gasteiger partial charge is 0.463 e. The Labute approximate surface area is 152 Å². The van der Waals surface area contributed by atoms with Crippen LogP contribution in [-0.2, 0) is 30.3 Å². The summed E-state index contributed by atoms with van der Waals surface area (Å²) in [4.78, 5) is 42.4. The van der Waals surface area contributed by atoms with Crippen molar-refractivity contribution >= 4 is 39.6 Å². The molecule has 2 N–H and O–H groups in total. The maximum Gasteiger partial charge on any atom is 0.309 e. The standard InChI is InChI=1S/C15H20N4O6S/c1-8(20)24-7-11(23-3)10(25-9(2)21)4-5-19-13-12(26-15(19)22)6-17-14(16)18-13/h6,10-11H,4-5,7H2,1-3H3,(H2,16,17,18)/t10-,11-/m1/s1. The number of rotatable bonds is 8. The molecular weight excluding hydrogens is 364 g/mol. The molecule has 11 heteroatoms. The van der Waals surface area contributed by atoms with Gasteiger partial charge in [0.1, 0.15) is 18.8 Å². The normalized spacial score (nSPS) is 13.3. The molecule has 0 saturated heterocycles. The summed E-state index contributed by atoms with van der Waals surface area (Å²) in [6.07, 6.45) is 0.373. The number of nitrogens with zero attached hydrogens (tertiary/aromatic N) is 3. The highest BCUT2D eigenvalue weighted by atomic mass is 32.1. The zero-order valence-electron chi connectivity index (χ0n) is 14.6. The molecular formula is C15H20N4O6S. The number of nitrogens with two attached hydrogens (primary N) is 1. The first-order valence-electron chi connectivity index (χ1n) is 7.77. The highest BCUT2D eigenvalue weighted by Gasteiger charge is 2.26. The van der Waals surface area contributed by atoms with E-state index >= 15 is 0 Å². The molecule has 0 aliphatic carbocycles. The number of thiazole rings is 1. The van der Waals surface area contributed by atoms with Crippen LogP contribution in [0, 0.1) is 0 Å². The van der Waals surface area contributed by atoms with Crippen LogP contribution in [0.1, 0.15) is 20.3 Å². The lowest BCUT2D eigenvalue weighted by atomic mass is 10.1. The summed E-state index contributed by atoms with van der Waals surface area (Å²) < 4.78 is 17.6. The lowest BCUT2D eigenvalue weighted by Crippen LogP contribution is -2.37. The fourth-order valence-corrected chi connectivity index (χ4v) is 3.22. The maximum atomic E-state index is 12.2. The molecule has 2 rings (SSSR count). The van der Waals surface area contributed by atoms with Crippen molar-refractivity contribution < 1.29 is 23.8 Å². The number of carbonyl (C=O) groups excluding carboxylic acids is 2. The number of fused-ring (bicyclic) bond motifs is 1. The smallest absolute Gasteiger partial charge is 0.309 e. The average Bonchev–Trinajstić information content (AvgIpc) is 2.87. The predicted octanol–water partition coefficient (Wildman–Crippen LogP) is 0.335. The molecule has 0 bridgehead atoms. The van der Waals surface area contributed by atoms with E-state index in [1.165, 1.54) is 31.7 Å². The van der Waals surface area contributed by atoms with Crippen molar-refractivity contribution in [1.82, 2.24) is 14.5 Å². The molecule has 2 heterocycles. The van der Waals surface area contributed by atoms with Gasteiger partial charge in [-0.25, -0.2) is 4.98 Å². The topological polar surface area (TPSA) is 136 Å². The number of aryl methyl sites for hydroxylation is 1. The van der Waals surface area contributed by atoms with Crippen molar-refractivity contribution in [3.05, 3.63) is 15.9 Å². The molecule has 0 amide bonds. The lowest BCUT2D eigenvalue weighted by Gasteiger charge is -2.25. The first kappa shape index (κ1) is 19.8. The van der Waals surface area contributed by atoms with Gasteiger partial charge in [-0.1, -0.05) is 11.3 Å². The number of aromatic nitrogens is 3. The Morgan fingerprint density at radius 1 is 1.31 bits per heavy atom. The van der Waals surface area contributed by atoms with Crippen molar-refractivity contribution in [2.24, 2.45) is 0 Å². The van der Waals surface area contributed by atoms with E-state index in [0.29, 0.717) is 10.3 Å². The monoisotopic (exact) mass is 384 g/mol. The fraction of sp³-hybridized carbons (Fsp3) is 0.533. The van der Waals surface area contributed by atoms with Gasteiger partial charge in [0.2, 0.25) is 5.95 Å². The van der Waals surface area contributed by atoms with E-state index in [1.807, 2.05) is 0 Å². The third-order valence-electron chi connectivity index (χ3n) is 3.55. The summed E-state index contributed by atoms with van der Waals surface area (Å²) >= 11 is 1.000. The number of anilines is 1. The molecule has 0 aliphatic rings. The molecule has 0 fully saturated rings. The SMILES string of the molecule is CO[C@H](COC(C)=O)[C@@H](CCn1c(=O)sc2cnc(N)nc21)OC(C)=O. The van der Waals surface area contributed by atoms with Crippen LogP contribution in [0.25, 0.3) is 10.3 Å². The van der Waals surface area contributed by atoms with Gasteiger partial charge in [-0.3, -0.25) is 19.0 Å². The number of carbonyl (C=O) groups is 2. The summed E-state index contributed by atoms with van der Waals surface area (Å²) in [7, 11) is 1.42. The number of nitrogen functional groups attached to an aromatic ring is 1. The molecule has 0 saturated carbocycles. The zero-order chi connectivity index (χ0) is 19.3. The van der Waals surface area contributed by atoms with Gasteiger partial charge in [-0.2, -0.15) is 4.98 Å². The van der Waals surface area contributed by atoms with E-state index in [1.54, 1.807) is 0 Å². The molecule has 0 radical (unpaired) electrons. The van der Waals surface area contributed by atoms with Crippen molar-refractivity contribution in [2.45, 2.75) is 39.0 Å². The van der Waals surface area contributed by atoms with Crippen LogP contribution >= 0.6 is 11.3 Å². The lowest BCUT2D eigenvalue weighted by molar-refractivity contribution is -0.161. The number of methoxy groups -OCH3 is 1. The third-order valence-corrected chi connectivity index (χ3v) is 4.45. The van der Waals surface area contributed by atoms with Crippen LogP contribution in [0.5, 0.6) is 0 Å². The van der Waals surface area contributed by atoms with Crippen LogP contribution in [-0.4, -0.2) is 52.4 Å². The van der Waals surface area contributed by atoms with E-state index in [9.17, 15) is 14.4 Å². The Hall–Kier alpha value is -2.53. The van der Waals surface area contributed by atoms with E-state index in [-0.39, 0.29) is 30.4 Å². The Balaban J connectivity index is 2.19. The molecule has 26 heavy (non-hydrogen) atoms. The van der Waals surface area contributed by atoms with Crippen molar-refractivity contribution in [1.29, 1.82) is 0 Å². The average molecular weight is 384 g/mol. The van der Waals surface area contributed by atoms with E-state index in [0.717, 1.165) is 11.3 Å². The molecule has 2 atom stereocenters. The molecule has 2 aromatic heterocycles. The Morgan fingerprint density at radius 3 is 2.65 bits per heavy atom. The second kappa shape index (κ2) is 8.72. The molecule has 0 spiro atoms. The zero-order valence-corrected chi connectivity index (χ0v) is 15.4. The van der Waals surface area contributed by atoms with E-state index < -0.39 is 24.1 Å². The highest BCUT2D eigenvalue weighted by Crippen LogP contribution is 2.17. The van der Waals surface area contributed by atoms with Gasteiger partial charge in [0.25, 0.3) is 0 Å². The van der Waals surface area contributed by atoms with Gasteiger partial charge in [0.05, 0.1) is 10.9 Å². The number of hydrogen-bond acceptors (Lipinski definition) is 10. The van der Waals surface area contributed by atoms with Crippen molar-refractivity contribution in [3.63, 3.8) is 0 Å². The van der Waals surface area contributed by atoms with Crippen LogP contribution in [0.4, 0.5) is 5.95 Å². The number of ether oxygens (including phenoxy) is 3. The first-order valence-corrected chi connectivity index (χ1v) is 8.58. The van der Waals surface area contributed by atoms with Crippen LogP contribution in [0.3, 0.4) is 0 Å². The van der Waals surface area contributed by atoms with Crippen LogP contribution < -0.4 is 10.6 Å². The van der Waals surface area contributed by atoms with Crippen LogP contribution in [0.15, 0.2) is 11.0 Å². The van der Waals surface area contributed by atoms with Gasteiger partial charge in [0, 0.05) is 33.9 Å². The minimum absolute atomic E-state index is 0.0604. The summed E-state index contributed by atoms with van der Waals surface area (Å²) in [6.45, 7) is 2.69. The van der Waals surface area contributed by atoms with Gasteiger partial charge in [0.15, 0.2) is 5.65 Å². The van der Waals surface area contributed by atoms with E-state index in [2.05, 4.69) is 9.97 Å². The molecule has 2 aromatic rings. The van der Waals surface area contributed by atoms with Gasteiger partial charge in [-0.05, 0) is 0 Å². The minimum atomic E-state index is -0.710. The number of esters is 2. The molecule has 142 valence electrons. The fourth-order valence-electron chi connectivity index (χ4n) is 2.39. The second-order valence-corrected chi connectivity index (χ2v) is 6.44. The van der Waals surface area contributed by atoms with Crippen molar-refractivity contribution in [3.8, 4) is 0 Å². The molecule has 10 nitrogen and oxygen atoms in total. The molecule has 0 aliphatic heterocycles. The summed E-state index contributed by atoms with van der Waals surface area (Å²) in [5.41, 5.74) is 6.01. The summed E-state index contributed by atoms with van der Waals surface area (Å²) in [6, 6.07) is 0. The van der Waals surface area contributed by atoms with Gasteiger partial charge in [-0.15, -0.1) is 0 Å². The first-order chi connectivity index (χ1) is 12.3. The second-order valence-electron chi connectivity index (χ2n) is 5.45. The summed E-state index contributed by atoms with van der Waals surface area (Å²) in [5, 5.41) is 0. The minimum Gasteiger partial charge on any atom is -0.463 e. The van der Waals surface area contributed by atoms with Crippen molar-refractivity contribution in [2.75, 3.05) is 19.5 Å². The summed E-state index contributed by atoms with van der Waals surface area (Å²) in [5.74, 6) is -0.917. The Morgan fingerprint density at radius 2 is 2.04 bits per heavy atom. The highest BCUT2D eigenvalue weighted by molar-refractivity contribution is 7.16. The number of hydrogen-bond donors (Lipinski definition) is 1.